The van der Waals surface area contributed by atoms with Crippen molar-refractivity contribution in [3.8, 4) is 6.07 Å². The third-order valence-corrected chi connectivity index (χ3v) is 2.96. The van der Waals surface area contributed by atoms with E-state index >= 15 is 0 Å². The van der Waals surface area contributed by atoms with Crippen molar-refractivity contribution in [2.24, 2.45) is 0 Å². The van der Waals surface area contributed by atoms with Crippen molar-refractivity contribution in [1.82, 2.24) is 4.98 Å². The zero-order valence-electron chi connectivity index (χ0n) is 9.34. The van der Waals surface area contributed by atoms with Gasteiger partial charge in [0.2, 0.25) is 0 Å². The van der Waals surface area contributed by atoms with Crippen LogP contribution in [0.3, 0.4) is 0 Å². The van der Waals surface area contributed by atoms with E-state index in [1.807, 2.05) is 30.5 Å². The van der Waals surface area contributed by atoms with E-state index < -0.39 is 0 Å². The van der Waals surface area contributed by atoms with Gasteiger partial charge in [0.15, 0.2) is 0 Å². The molecule has 0 saturated heterocycles. The summed E-state index contributed by atoms with van der Waals surface area (Å²) in [5, 5.41) is 11.9. The summed E-state index contributed by atoms with van der Waals surface area (Å²) in [6.07, 6.45) is 3.70. The quantitative estimate of drug-likeness (QED) is 0.836. The van der Waals surface area contributed by atoms with Gasteiger partial charge in [0, 0.05) is 10.6 Å². The van der Waals surface area contributed by atoms with Crippen LogP contribution in [-0.4, -0.2) is 11.2 Å². The molecule has 0 unspecified atom stereocenters. The van der Waals surface area contributed by atoms with E-state index in [1.165, 1.54) is 4.90 Å². The van der Waals surface area contributed by atoms with Crippen molar-refractivity contribution in [2.75, 3.05) is 11.6 Å². The smallest absolute Gasteiger partial charge is 0.140 e. The van der Waals surface area contributed by atoms with Gasteiger partial charge in [-0.05, 0) is 36.6 Å². The predicted octanol–water partition coefficient (Wildman–Crippen LogP) is 3.42. The number of hydrogen-bond acceptors (Lipinski definition) is 4. The van der Waals surface area contributed by atoms with Crippen LogP contribution in [0.15, 0.2) is 47.5 Å². The van der Waals surface area contributed by atoms with Crippen molar-refractivity contribution in [2.45, 2.75) is 4.90 Å². The van der Waals surface area contributed by atoms with Crippen LogP contribution in [0.5, 0.6) is 0 Å². The zero-order valence-corrected chi connectivity index (χ0v) is 10.2. The molecule has 0 aliphatic rings. The SMILES string of the molecule is CSc1cccc(Nc2ccc(C#N)nc2)c1. The molecular weight excluding hydrogens is 230 g/mol. The van der Waals surface area contributed by atoms with Gasteiger partial charge in [0.25, 0.3) is 0 Å². The second-order valence-electron chi connectivity index (χ2n) is 3.40. The summed E-state index contributed by atoms with van der Waals surface area (Å²) < 4.78 is 0. The maximum Gasteiger partial charge on any atom is 0.140 e. The molecule has 1 aromatic heterocycles. The number of nitrogens with zero attached hydrogens (tertiary/aromatic N) is 2. The molecule has 0 saturated carbocycles. The van der Waals surface area contributed by atoms with Crippen LogP contribution < -0.4 is 5.32 Å². The van der Waals surface area contributed by atoms with Crippen molar-refractivity contribution >= 4 is 23.1 Å². The summed E-state index contributed by atoms with van der Waals surface area (Å²) in [7, 11) is 0. The summed E-state index contributed by atoms with van der Waals surface area (Å²) in [5.41, 5.74) is 2.32. The molecule has 17 heavy (non-hydrogen) atoms. The first-order valence-electron chi connectivity index (χ1n) is 5.09. The number of pyridine rings is 1. The van der Waals surface area contributed by atoms with Gasteiger partial charge in [0.1, 0.15) is 11.8 Å². The molecule has 2 rings (SSSR count). The number of rotatable bonds is 3. The first-order chi connectivity index (χ1) is 8.31. The molecule has 0 aliphatic carbocycles. The summed E-state index contributed by atoms with van der Waals surface area (Å²) >= 11 is 1.70. The van der Waals surface area contributed by atoms with E-state index in [1.54, 1.807) is 24.0 Å². The maximum absolute atomic E-state index is 8.65. The van der Waals surface area contributed by atoms with Crippen LogP contribution in [0.2, 0.25) is 0 Å². The molecule has 84 valence electrons. The number of anilines is 2. The first kappa shape index (κ1) is 11.5. The van der Waals surface area contributed by atoms with E-state index in [0.717, 1.165) is 11.4 Å². The van der Waals surface area contributed by atoms with Gasteiger partial charge in [-0.15, -0.1) is 11.8 Å². The fourth-order valence-corrected chi connectivity index (χ4v) is 1.86. The van der Waals surface area contributed by atoms with E-state index in [2.05, 4.69) is 22.4 Å². The Balaban J connectivity index is 2.16. The van der Waals surface area contributed by atoms with Crippen LogP contribution in [0, 0.1) is 11.3 Å². The third kappa shape index (κ3) is 2.99. The number of nitrogens with one attached hydrogen (secondary N) is 1. The van der Waals surface area contributed by atoms with Crippen LogP contribution >= 0.6 is 11.8 Å². The first-order valence-corrected chi connectivity index (χ1v) is 6.31. The average molecular weight is 241 g/mol. The maximum atomic E-state index is 8.65. The summed E-state index contributed by atoms with van der Waals surface area (Å²) in [5.74, 6) is 0. The van der Waals surface area contributed by atoms with Gasteiger partial charge in [-0.3, -0.25) is 0 Å². The zero-order chi connectivity index (χ0) is 12.1. The minimum absolute atomic E-state index is 0.424. The van der Waals surface area contributed by atoms with Crippen LogP contribution in [0.4, 0.5) is 11.4 Å². The summed E-state index contributed by atoms with van der Waals surface area (Å²) in [6.45, 7) is 0. The minimum Gasteiger partial charge on any atom is -0.354 e. The molecule has 3 nitrogen and oxygen atoms in total. The molecule has 0 atom stereocenters. The summed E-state index contributed by atoms with van der Waals surface area (Å²) in [6, 6.07) is 13.7. The Hall–Kier alpha value is -1.99. The standard InChI is InChI=1S/C13H11N3S/c1-17-13-4-2-3-10(7-13)16-12-6-5-11(8-14)15-9-12/h2-7,9,16H,1H3. The number of nitriles is 1. The van der Waals surface area contributed by atoms with E-state index in [0.29, 0.717) is 5.69 Å². The molecule has 1 heterocycles. The molecule has 0 radical (unpaired) electrons. The fourth-order valence-electron chi connectivity index (χ4n) is 1.40. The Labute approximate surface area is 105 Å². The van der Waals surface area contributed by atoms with E-state index in [-0.39, 0.29) is 0 Å². The number of thioether (sulfide) groups is 1. The molecule has 0 spiro atoms. The number of benzene rings is 1. The Morgan fingerprint density at radius 1 is 1.24 bits per heavy atom. The van der Waals surface area contributed by atoms with Crippen LogP contribution in [0.1, 0.15) is 5.69 Å². The van der Waals surface area contributed by atoms with Crippen molar-refractivity contribution in [1.29, 1.82) is 5.26 Å². The fraction of sp³-hybridized carbons (Fsp3) is 0.0769. The number of aromatic nitrogens is 1. The molecule has 2 aromatic rings. The summed E-state index contributed by atoms with van der Waals surface area (Å²) in [4.78, 5) is 5.21. The molecular formula is C13H11N3S. The van der Waals surface area contributed by atoms with Crippen molar-refractivity contribution in [3.63, 3.8) is 0 Å². The second-order valence-corrected chi connectivity index (χ2v) is 4.28. The highest BCUT2D eigenvalue weighted by Crippen LogP contribution is 2.21. The van der Waals surface area contributed by atoms with Gasteiger partial charge in [-0.1, -0.05) is 6.07 Å². The average Bonchev–Trinajstić information content (AvgIpc) is 2.40. The molecule has 0 amide bonds. The lowest BCUT2D eigenvalue weighted by Gasteiger charge is -2.06. The molecule has 1 N–H and O–H groups in total. The predicted molar refractivity (Wildman–Crippen MR) is 70.5 cm³/mol. The monoisotopic (exact) mass is 241 g/mol. The van der Waals surface area contributed by atoms with E-state index in [4.69, 9.17) is 5.26 Å². The largest absolute Gasteiger partial charge is 0.354 e. The number of hydrogen-bond donors (Lipinski definition) is 1. The Morgan fingerprint density at radius 2 is 2.12 bits per heavy atom. The highest BCUT2D eigenvalue weighted by molar-refractivity contribution is 7.98. The van der Waals surface area contributed by atoms with Crippen molar-refractivity contribution in [3.05, 3.63) is 48.3 Å². The molecule has 4 heteroatoms. The second kappa shape index (κ2) is 5.37. The van der Waals surface area contributed by atoms with Gasteiger partial charge in [-0.2, -0.15) is 5.26 Å². The highest BCUT2D eigenvalue weighted by atomic mass is 32.2. The Bertz CT molecular complexity index is 543. The van der Waals surface area contributed by atoms with Gasteiger partial charge >= 0.3 is 0 Å². The van der Waals surface area contributed by atoms with Gasteiger partial charge in [-0.25, -0.2) is 4.98 Å². The highest BCUT2D eigenvalue weighted by Gasteiger charge is 1.97. The normalized spacial score (nSPS) is 9.65. The molecule has 0 bridgehead atoms. The van der Waals surface area contributed by atoms with Gasteiger partial charge in [0.05, 0.1) is 11.9 Å². The van der Waals surface area contributed by atoms with Gasteiger partial charge < -0.3 is 5.32 Å². The van der Waals surface area contributed by atoms with Crippen LogP contribution in [-0.2, 0) is 0 Å². The van der Waals surface area contributed by atoms with Crippen LogP contribution in [0.25, 0.3) is 0 Å². The lowest BCUT2D eigenvalue weighted by Crippen LogP contribution is -1.92. The molecule has 0 fully saturated rings. The van der Waals surface area contributed by atoms with E-state index in [9.17, 15) is 0 Å². The molecule has 1 aromatic carbocycles. The third-order valence-electron chi connectivity index (χ3n) is 2.24. The lowest BCUT2D eigenvalue weighted by atomic mass is 10.3. The minimum atomic E-state index is 0.424. The Morgan fingerprint density at radius 3 is 2.76 bits per heavy atom. The molecule has 0 aliphatic heterocycles. The Kier molecular flexibility index (Phi) is 3.63. The van der Waals surface area contributed by atoms with Crippen molar-refractivity contribution < 1.29 is 0 Å². The topological polar surface area (TPSA) is 48.7 Å². The lowest BCUT2D eigenvalue weighted by molar-refractivity contribution is 1.26.